The molecule has 0 saturated heterocycles. The van der Waals surface area contributed by atoms with Crippen LogP contribution in [-0.2, 0) is 0 Å². The molecule has 23 heavy (non-hydrogen) atoms. The third-order valence-corrected chi connectivity index (χ3v) is 3.36. The molecule has 0 aliphatic heterocycles. The maximum Gasteiger partial charge on any atom is 0.314 e. The van der Waals surface area contributed by atoms with E-state index in [1.807, 2.05) is 13.8 Å². The number of halogens is 2. The predicted octanol–water partition coefficient (Wildman–Crippen LogP) is 2.09. The first kappa shape index (κ1) is 19.3. The van der Waals surface area contributed by atoms with Gasteiger partial charge in [0.1, 0.15) is 17.7 Å². The fourth-order valence-electron chi connectivity index (χ4n) is 2.37. The van der Waals surface area contributed by atoms with E-state index in [2.05, 4.69) is 10.6 Å². The van der Waals surface area contributed by atoms with Crippen LogP contribution in [0, 0.1) is 17.0 Å². The summed E-state index contributed by atoms with van der Waals surface area (Å²) >= 11 is 0. The molecule has 0 saturated carbocycles. The molecule has 0 bridgehead atoms. The van der Waals surface area contributed by atoms with E-state index in [0.717, 1.165) is 12.1 Å². The van der Waals surface area contributed by atoms with Crippen molar-refractivity contribution in [1.29, 1.82) is 0 Å². The predicted molar refractivity (Wildman–Crippen MR) is 82.8 cm³/mol. The molecule has 0 radical (unpaired) electrons. The number of aliphatic hydroxyl groups is 2. The van der Waals surface area contributed by atoms with Crippen LogP contribution in [0.1, 0.15) is 38.9 Å². The molecule has 5 nitrogen and oxygen atoms in total. The van der Waals surface area contributed by atoms with Crippen LogP contribution in [0.2, 0.25) is 0 Å². The molecule has 0 fully saturated rings. The lowest BCUT2D eigenvalue weighted by molar-refractivity contribution is 0.128. The van der Waals surface area contributed by atoms with Gasteiger partial charge in [-0.25, -0.2) is 13.6 Å². The Morgan fingerprint density at radius 2 is 1.78 bits per heavy atom. The average Bonchev–Trinajstić information content (AvgIpc) is 2.41. The number of aliphatic hydroxyl groups excluding tert-OH is 2. The first-order chi connectivity index (χ1) is 10.6. The van der Waals surface area contributed by atoms with Crippen molar-refractivity contribution >= 4 is 6.03 Å². The second-order valence-electron chi connectivity index (χ2n) is 6.43. The van der Waals surface area contributed by atoms with Crippen molar-refractivity contribution in [3.05, 3.63) is 35.4 Å². The molecule has 1 aromatic rings. The molecule has 0 heterocycles. The van der Waals surface area contributed by atoms with E-state index < -0.39 is 35.4 Å². The van der Waals surface area contributed by atoms with Gasteiger partial charge in [0, 0.05) is 13.1 Å². The zero-order chi connectivity index (χ0) is 17.6. The van der Waals surface area contributed by atoms with Crippen molar-refractivity contribution < 1.29 is 23.8 Å². The summed E-state index contributed by atoms with van der Waals surface area (Å²) in [5.41, 5.74) is -0.774. The largest absolute Gasteiger partial charge is 0.393 e. The molecule has 4 N–H and O–H groups in total. The maximum atomic E-state index is 13.5. The first-order valence-corrected chi connectivity index (χ1v) is 7.44. The summed E-state index contributed by atoms with van der Waals surface area (Å²) < 4.78 is 27.0. The molecule has 0 aromatic heterocycles. The summed E-state index contributed by atoms with van der Waals surface area (Å²) in [6.07, 6.45) is -1.45. The second kappa shape index (κ2) is 8.21. The lowest BCUT2D eigenvalue weighted by Gasteiger charge is -2.26. The minimum Gasteiger partial charge on any atom is -0.393 e. The van der Waals surface area contributed by atoms with Gasteiger partial charge >= 0.3 is 6.03 Å². The van der Waals surface area contributed by atoms with Crippen LogP contribution in [0.3, 0.4) is 0 Å². The van der Waals surface area contributed by atoms with Gasteiger partial charge in [-0.15, -0.1) is 0 Å². The van der Waals surface area contributed by atoms with Gasteiger partial charge in [-0.1, -0.05) is 19.9 Å². The molecular weight excluding hydrogens is 306 g/mol. The van der Waals surface area contributed by atoms with Crippen molar-refractivity contribution in [2.45, 2.75) is 39.4 Å². The van der Waals surface area contributed by atoms with Gasteiger partial charge in [-0.2, -0.15) is 0 Å². The minimum atomic E-state index is -1.48. The van der Waals surface area contributed by atoms with Gasteiger partial charge in [0.05, 0.1) is 11.7 Å². The number of rotatable bonds is 7. The van der Waals surface area contributed by atoms with E-state index in [1.54, 1.807) is 6.92 Å². The third-order valence-electron chi connectivity index (χ3n) is 3.36. The van der Waals surface area contributed by atoms with Crippen LogP contribution in [0.5, 0.6) is 0 Å². The van der Waals surface area contributed by atoms with Crippen LogP contribution in [-0.4, -0.2) is 35.4 Å². The molecule has 7 heteroatoms. The Bertz CT molecular complexity index is 516. The van der Waals surface area contributed by atoms with E-state index >= 15 is 0 Å². The quantitative estimate of drug-likeness (QED) is 0.618. The molecule has 1 rings (SSSR count). The molecule has 1 aromatic carbocycles. The summed E-state index contributed by atoms with van der Waals surface area (Å²) in [4.78, 5) is 11.7. The molecule has 0 aliphatic rings. The van der Waals surface area contributed by atoms with Crippen molar-refractivity contribution in [3.8, 4) is 0 Å². The Kier molecular flexibility index (Phi) is 6.90. The second-order valence-corrected chi connectivity index (χ2v) is 6.43. The van der Waals surface area contributed by atoms with Gasteiger partial charge in [0.2, 0.25) is 0 Å². The normalized spacial score (nSPS) is 14.2. The van der Waals surface area contributed by atoms with Gasteiger partial charge in [0.25, 0.3) is 0 Å². The van der Waals surface area contributed by atoms with E-state index in [0.29, 0.717) is 13.0 Å². The lowest BCUT2D eigenvalue weighted by Crippen LogP contribution is -2.42. The smallest absolute Gasteiger partial charge is 0.314 e. The van der Waals surface area contributed by atoms with Crippen molar-refractivity contribution in [2.75, 3.05) is 13.1 Å². The Labute approximate surface area is 134 Å². The van der Waals surface area contributed by atoms with Crippen molar-refractivity contribution in [1.82, 2.24) is 10.6 Å². The topological polar surface area (TPSA) is 81.6 Å². The third kappa shape index (κ3) is 6.50. The van der Waals surface area contributed by atoms with E-state index in [4.69, 9.17) is 0 Å². The van der Waals surface area contributed by atoms with Gasteiger partial charge in [-0.05, 0) is 30.9 Å². The van der Waals surface area contributed by atoms with Crippen molar-refractivity contribution in [3.63, 3.8) is 0 Å². The maximum absolute atomic E-state index is 13.5. The van der Waals surface area contributed by atoms with Crippen LogP contribution < -0.4 is 10.6 Å². The molecule has 0 spiro atoms. The highest BCUT2D eigenvalue weighted by molar-refractivity contribution is 5.73. The highest BCUT2D eigenvalue weighted by Gasteiger charge is 2.22. The number of carbonyl (C=O) groups is 1. The number of carbonyl (C=O) groups excluding carboxylic acids is 1. The Balaban J connectivity index is 2.47. The SMILES string of the molecule is CC(O)CC(C)(C)CNC(=O)NCC(O)c1c(F)cccc1F. The number of hydrogen-bond donors (Lipinski definition) is 4. The Morgan fingerprint density at radius 3 is 2.30 bits per heavy atom. The summed E-state index contributed by atoms with van der Waals surface area (Å²) in [6.45, 7) is 5.45. The minimum absolute atomic E-state index is 0.304. The number of benzene rings is 1. The number of urea groups is 1. The van der Waals surface area contributed by atoms with E-state index in [1.165, 1.54) is 6.07 Å². The number of hydrogen-bond acceptors (Lipinski definition) is 3. The first-order valence-electron chi connectivity index (χ1n) is 7.44. The van der Waals surface area contributed by atoms with Crippen molar-refractivity contribution in [2.24, 2.45) is 5.41 Å². The van der Waals surface area contributed by atoms with Crippen LogP contribution in [0.4, 0.5) is 13.6 Å². The summed E-state index contributed by atoms with van der Waals surface area (Å²) in [7, 11) is 0. The van der Waals surface area contributed by atoms with E-state index in [-0.39, 0.29) is 12.0 Å². The summed E-state index contributed by atoms with van der Waals surface area (Å²) in [5, 5.41) is 24.2. The number of amides is 2. The zero-order valence-electron chi connectivity index (χ0n) is 13.6. The fraction of sp³-hybridized carbons (Fsp3) is 0.562. The summed E-state index contributed by atoms with van der Waals surface area (Å²) in [5.74, 6) is -1.73. The standard InChI is InChI=1S/C16H24F2N2O3/c1-10(21)7-16(2,3)9-20-15(23)19-8-13(22)14-11(17)5-4-6-12(14)18/h4-6,10,13,21-22H,7-9H2,1-3H3,(H2,19,20,23). The summed E-state index contributed by atoms with van der Waals surface area (Å²) in [6, 6.07) is 2.73. The molecular formula is C16H24F2N2O3. The van der Waals surface area contributed by atoms with Gasteiger partial charge < -0.3 is 20.8 Å². The zero-order valence-corrected chi connectivity index (χ0v) is 13.6. The van der Waals surface area contributed by atoms with E-state index in [9.17, 15) is 23.8 Å². The molecule has 0 aliphatic carbocycles. The lowest BCUT2D eigenvalue weighted by atomic mass is 9.87. The molecule has 2 amide bonds. The molecule has 2 atom stereocenters. The Hall–Kier alpha value is -1.73. The van der Waals surface area contributed by atoms with Crippen LogP contribution >= 0.6 is 0 Å². The highest BCUT2D eigenvalue weighted by atomic mass is 19.1. The highest BCUT2D eigenvalue weighted by Crippen LogP contribution is 2.21. The monoisotopic (exact) mass is 330 g/mol. The van der Waals surface area contributed by atoms with Crippen LogP contribution in [0.25, 0.3) is 0 Å². The fourth-order valence-corrected chi connectivity index (χ4v) is 2.37. The van der Waals surface area contributed by atoms with Crippen LogP contribution in [0.15, 0.2) is 18.2 Å². The average molecular weight is 330 g/mol. The Morgan fingerprint density at radius 1 is 1.22 bits per heavy atom. The van der Waals surface area contributed by atoms with Gasteiger partial charge in [-0.3, -0.25) is 0 Å². The molecule has 2 unspecified atom stereocenters. The number of nitrogens with one attached hydrogen (secondary N) is 2. The molecule has 130 valence electrons. The van der Waals surface area contributed by atoms with Gasteiger partial charge in [0.15, 0.2) is 0 Å².